The van der Waals surface area contributed by atoms with Crippen LogP contribution in [-0.2, 0) is 11.2 Å². The summed E-state index contributed by atoms with van der Waals surface area (Å²) >= 11 is 1.43. The Bertz CT molecular complexity index is 313. The van der Waals surface area contributed by atoms with Crippen LogP contribution in [0.25, 0.3) is 0 Å². The van der Waals surface area contributed by atoms with Crippen molar-refractivity contribution in [2.75, 3.05) is 18.9 Å². The van der Waals surface area contributed by atoms with Crippen LogP contribution >= 0.6 is 11.3 Å². The molecule has 15 heavy (non-hydrogen) atoms. The molecule has 1 heterocycles. The van der Waals surface area contributed by atoms with Crippen molar-refractivity contribution in [2.45, 2.75) is 26.2 Å². The highest BCUT2D eigenvalue weighted by atomic mass is 32.1. The highest BCUT2D eigenvalue weighted by molar-refractivity contribution is 7.15. The molecule has 5 nitrogen and oxygen atoms in total. The van der Waals surface area contributed by atoms with Gasteiger partial charge < -0.3 is 10.6 Å². The van der Waals surface area contributed by atoms with E-state index < -0.39 is 0 Å². The Labute approximate surface area is 93.3 Å². The lowest BCUT2D eigenvalue weighted by molar-refractivity contribution is -0.116. The van der Waals surface area contributed by atoms with Crippen LogP contribution in [0.15, 0.2) is 0 Å². The molecule has 0 aliphatic carbocycles. The van der Waals surface area contributed by atoms with Crippen LogP contribution in [0.5, 0.6) is 0 Å². The number of hydrogen-bond donors (Lipinski definition) is 2. The number of amides is 1. The van der Waals surface area contributed by atoms with Crippen LogP contribution in [-0.4, -0.2) is 29.7 Å². The van der Waals surface area contributed by atoms with E-state index in [1.807, 2.05) is 14.0 Å². The van der Waals surface area contributed by atoms with Crippen molar-refractivity contribution in [3.63, 3.8) is 0 Å². The molecule has 0 bridgehead atoms. The summed E-state index contributed by atoms with van der Waals surface area (Å²) in [5.74, 6) is 0.00375. The van der Waals surface area contributed by atoms with Gasteiger partial charge in [-0.05, 0) is 26.4 Å². The van der Waals surface area contributed by atoms with E-state index >= 15 is 0 Å². The second-order valence-corrected chi connectivity index (χ2v) is 4.17. The highest BCUT2D eigenvalue weighted by Crippen LogP contribution is 2.15. The SMILES string of the molecule is CCc1nnc(NC(=O)CCCNC)s1. The summed E-state index contributed by atoms with van der Waals surface area (Å²) in [6, 6.07) is 0. The molecular formula is C9H16N4OS. The Kier molecular flexibility index (Phi) is 5.20. The summed E-state index contributed by atoms with van der Waals surface area (Å²) in [4.78, 5) is 11.4. The van der Waals surface area contributed by atoms with Crippen LogP contribution in [0.4, 0.5) is 5.13 Å². The van der Waals surface area contributed by atoms with E-state index in [0.29, 0.717) is 11.6 Å². The van der Waals surface area contributed by atoms with Crippen LogP contribution < -0.4 is 10.6 Å². The predicted octanol–water partition coefficient (Wildman–Crippen LogP) is 1.04. The van der Waals surface area contributed by atoms with Crippen molar-refractivity contribution < 1.29 is 4.79 Å². The Hall–Kier alpha value is -1.01. The average Bonchev–Trinajstić information content (AvgIpc) is 2.66. The summed E-state index contributed by atoms with van der Waals surface area (Å²) in [7, 11) is 1.87. The molecule has 1 amide bonds. The molecule has 0 aromatic carbocycles. The van der Waals surface area contributed by atoms with E-state index in [-0.39, 0.29) is 5.91 Å². The molecule has 0 atom stereocenters. The Morgan fingerprint density at radius 2 is 2.27 bits per heavy atom. The van der Waals surface area contributed by atoms with E-state index in [2.05, 4.69) is 20.8 Å². The quantitative estimate of drug-likeness (QED) is 0.714. The smallest absolute Gasteiger partial charge is 0.226 e. The molecule has 1 aromatic rings. The van der Waals surface area contributed by atoms with Crippen molar-refractivity contribution >= 4 is 22.4 Å². The van der Waals surface area contributed by atoms with Gasteiger partial charge in [0.2, 0.25) is 11.0 Å². The molecule has 2 N–H and O–H groups in total. The van der Waals surface area contributed by atoms with Crippen molar-refractivity contribution in [3.8, 4) is 0 Å². The number of carbonyl (C=O) groups excluding carboxylic acids is 1. The van der Waals surface area contributed by atoms with E-state index in [4.69, 9.17) is 0 Å². The molecular weight excluding hydrogens is 212 g/mol. The number of hydrogen-bond acceptors (Lipinski definition) is 5. The van der Waals surface area contributed by atoms with Gasteiger partial charge in [0.05, 0.1) is 0 Å². The van der Waals surface area contributed by atoms with Gasteiger partial charge in [0, 0.05) is 6.42 Å². The molecule has 0 saturated heterocycles. The van der Waals surface area contributed by atoms with Gasteiger partial charge in [-0.2, -0.15) is 0 Å². The molecule has 0 unspecified atom stereocenters. The zero-order chi connectivity index (χ0) is 11.1. The Balaban J connectivity index is 2.31. The lowest BCUT2D eigenvalue weighted by Gasteiger charge is -2.00. The lowest BCUT2D eigenvalue weighted by Crippen LogP contribution is -2.15. The number of aryl methyl sites for hydroxylation is 1. The van der Waals surface area contributed by atoms with Crippen molar-refractivity contribution in [2.24, 2.45) is 0 Å². The van der Waals surface area contributed by atoms with Gasteiger partial charge in [-0.3, -0.25) is 4.79 Å². The number of aromatic nitrogens is 2. The molecule has 0 radical (unpaired) electrons. The van der Waals surface area contributed by atoms with Crippen LogP contribution in [0.1, 0.15) is 24.8 Å². The largest absolute Gasteiger partial charge is 0.320 e. The number of rotatable bonds is 6. The normalized spacial score (nSPS) is 10.3. The second kappa shape index (κ2) is 6.47. The summed E-state index contributed by atoms with van der Waals surface area (Å²) in [6.45, 7) is 2.86. The zero-order valence-corrected chi connectivity index (χ0v) is 9.86. The average molecular weight is 228 g/mol. The van der Waals surface area contributed by atoms with Gasteiger partial charge in [0.15, 0.2) is 0 Å². The Morgan fingerprint density at radius 1 is 1.47 bits per heavy atom. The molecule has 1 aromatic heterocycles. The second-order valence-electron chi connectivity index (χ2n) is 3.11. The number of nitrogens with zero attached hydrogens (tertiary/aromatic N) is 2. The van der Waals surface area contributed by atoms with Crippen LogP contribution in [0.2, 0.25) is 0 Å². The molecule has 0 aliphatic heterocycles. The Morgan fingerprint density at radius 3 is 2.87 bits per heavy atom. The predicted molar refractivity (Wildman–Crippen MR) is 61.1 cm³/mol. The fourth-order valence-corrected chi connectivity index (χ4v) is 1.75. The van der Waals surface area contributed by atoms with Crippen LogP contribution in [0, 0.1) is 0 Å². The van der Waals surface area contributed by atoms with Crippen molar-refractivity contribution in [1.29, 1.82) is 0 Å². The zero-order valence-electron chi connectivity index (χ0n) is 9.04. The molecule has 0 fully saturated rings. The summed E-state index contributed by atoms with van der Waals surface area (Å²) in [5, 5.41) is 15.1. The van der Waals surface area contributed by atoms with E-state index in [9.17, 15) is 4.79 Å². The third kappa shape index (κ3) is 4.35. The van der Waals surface area contributed by atoms with E-state index in [0.717, 1.165) is 24.4 Å². The molecule has 0 spiro atoms. The maximum atomic E-state index is 11.4. The first-order chi connectivity index (χ1) is 7.26. The first-order valence-electron chi connectivity index (χ1n) is 5.03. The highest BCUT2D eigenvalue weighted by Gasteiger charge is 2.06. The van der Waals surface area contributed by atoms with E-state index in [1.54, 1.807) is 0 Å². The summed E-state index contributed by atoms with van der Waals surface area (Å²) < 4.78 is 0. The number of nitrogens with one attached hydrogen (secondary N) is 2. The van der Waals surface area contributed by atoms with Gasteiger partial charge in [-0.1, -0.05) is 18.3 Å². The van der Waals surface area contributed by atoms with Gasteiger partial charge in [-0.25, -0.2) is 0 Å². The third-order valence-electron chi connectivity index (χ3n) is 1.85. The minimum absolute atomic E-state index is 0.00375. The maximum Gasteiger partial charge on any atom is 0.226 e. The fourth-order valence-electron chi connectivity index (χ4n) is 1.05. The number of anilines is 1. The van der Waals surface area contributed by atoms with Gasteiger partial charge in [0.1, 0.15) is 5.01 Å². The van der Waals surface area contributed by atoms with Crippen LogP contribution in [0.3, 0.4) is 0 Å². The number of carbonyl (C=O) groups is 1. The lowest BCUT2D eigenvalue weighted by atomic mass is 10.3. The van der Waals surface area contributed by atoms with Gasteiger partial charge in [-0.15, -0.1) is 10.2 Å². The fraction of sp³-hybridized carbons (Fsp3) is 0.667. The topological polar surface area (TPSA) is 66.9 Å². The third-order valence-corrected chi connectivity index (χ3v) is 2.83. The van der Waals surface area contributed by atoms with Gasteiger partial charge in [0.25, 0.3) is 0 Å². The first-order valence-corrected chi connectivity index (χ1v) is 5.84. The van der Waals surface area contributed by atoms with Crippen molar-refractivity contribution in [3.05, 3.63) is 5.01 Å². The monoisotopic (exact) mass is 228 g/mol. The van der Waals surface area contributed by atoms with Gasteiger partial charge >= 0.3 is 0 Å². The van der Waals surface area contributed by atoms with Crippen molar-refractivity contribution in [1.82, 2.24) is 15.5 Å². The molecule has 84 valence electrons. The minimum Gasteiger partial charge on any atom is -0.320 e. The standard InChI is InChI=1S/C9H16N4OS/c1-3-8-12-13-9(15-8)11-7(14)5-4-6-10-2/h10H,3-6H2,1-2H3,(H,11,13,14). The molecule has 1 rings (SSSR count). The molecule has 6 heteroatoms. The minimum atomic E-state index is 0.00375. The molecule has 0 aliphatic rings. The summed E-state index contributed by atoms with van der Waals surface area (Å²) in [5.41, 5.74) is 0. The molecule has 0 saturated carbocycles. The maximum absolute atomic E-state index is 11.4. The first kappa shape index (κ1) is 12.1. The summed E-state index contributed by atoms with van der Waals surface area (Å²) in [6.07, 6.45) is 2.21. The van der Waals surface area contributed by atoms with E-state index in [1.165, 1.54) is 11.3 Å².